The molecule has 2 saturated carbocycles. The smallest absolute Gasteiger partial charge is 0.236 e. The number of hydrogen-bond acceptors (Lipinski definition) is 3. The Bertz CT molecular complexity index is 301. The highest BCUT2D eigenvalue weighted by molar-refractivity contribution is 5.81. The molecule has 0 radical (unpaired) electrons. The van der Waals surface area contributed by atoms with Gasteiger partial charge in [-0.3, -0.25) is 4.79 Å². The number of ether oxygens (including phenoxy) is 1. The summed E-state index contributed by atoms with van der Waals surface area (Å²) < 4.78 is 4.94. The van der Waals surface area contributed by atoms with Crippen LogP contribution in [0.4, 0.5) is 0 Å². The largest absolute Gasteiger partial charge is 0.383 e. The van der Waals surface area contributed by atoms with Crippen LogP contribution < -0.4 is 10.6 Å². The molecule has 2 atom stereocenters. The molecule has 0 aliphatic heterocycles. The molecule has 2 unspecified atom stereocenters. The zero-order valence-corrected chi connectivity index (χ0v) is 12.3. The molecule has 2 aliphatic carbocycles. The van der Waals surface area contributed by atoms with Crippen molar-refractivity contribution < 1.29 is 9.53 Å². The zero-order chi connectivity index (χ0) is 13.7. The zero-order valence-electron chi connectivity index (χ0n) is 12.3. The van der Waals surface area contributed by atoms with E-state index in [1.807, 2.05) is 6.92 Å². The predicted octanol–water partition coefficient (Wildman–Crippen LogP) is 1.84. The first kappa shape index (κ1) is 14.8. The second-order valence-corrected chi connectivity index (χ2v) is 6.19. The minimum atomic E-state index is -0.0963. The number of methoxy groups -OCH3 is 1. The summed E-state index contributed by atoms with van der Waals surface area (Å²) in [6, 6.07) is 0.455. The second kappa shape index (κ2) is 6.71. The van der Waals surface area contributed by atoms with Crippen LogP contribution in [0.25, 0.3) is 0 Å². The molecular weight excluding hydrogens is 240 g/mol. The molecule has 2 N–H and O–H groups in total. The van der Waals surface area contributed by atoms with Gasteiger partial charge in [-0.2, -0.15) is 0 Å². The van der Waals surface area contributed by atoms with E-state index >= 15 is 0 Å². The molecule has 4 nitrogen and oxygen atoms in total. The highest BCUT2D eigenvalue weighted by Crippen LogP contribution is 2.51. The molecule has 0 aromatic carbocycles. The van der Waals surface area contributed by atoms with Gasteiger partial charge in [0, 0.05) is 19.7 Å². The van der Waals surface area contributed by atoms with Crippen LogP contribution in [-0.4, -0.2) is 38.3 Å². The number of carbonyl (C=O) groups excluding carboxylic acids is 1. The Hall–Kier alpha value is -0.610. The van der Waals surface area contributed by atoms with Crippen molar-refractivity contribution in [3.05, 3.63) is 0 Å². The van der Waals surface area contributed by atoms with Crippen LogP contribution in [0.15, 0.2) is 0 Å². The maximum Gasteiger partial charge on any atom is 0.236 e. The Kier molecular flexibility index (Phi) is 5.22. The van der Waals surface area contributed by atoms with Gasteiger partial charge in [-0.15, -0.1) is 0 Å². The van der Waals surface area contributed by atoms with Crippen LogP contribution in [0.2, 0.25) is 0 Å². The number of carbonyl (C=O) groups is 1. The Morgan fingerprint density at radius 3 is 2.63 bits per heavy atom. The Morgan fingerprint density at radius 2 is 2.05 bits per heavy atom. The third-order valence-corrected chi connectivity index (χ3v) is 4.97. The van der Waals surface area contributed by atoms with Crippen LogP contribution in [0, 0.1) is 5.41 Å². The molecule has 1 amide bonds. The third kappa shape index (κ3) is 3.48. The van der Waals surface area contributed by atoms with E-state index in [1.54, 1.807) is 7.11 Å². The molecule has 0 heterocycles. The summed E-state index contributed by atoms with van der Waals surface area (Å²) in [5, 5.41) is 6.45. The molecule has 0 bridgehead atoms. The van der Waals surface area contributed by atoms with Crippen molar-refractivity contribution >= 4 is 5.91 Å². The van der Waals surface area contributed by atoms with Crippen LogP contribution >= 0.6 is 0 Å². The van der Waals surface area contributed by atoms with Crippen LogP contribution in [-0.2, 0) is 9.53 Å². The number of rotatable bonds is 6. The van der Waals surface area contributed by atoms with Crippen molar-refractivity contribution in [2.75, 3.05) is 20.3 Å². The van der Waals surface area contributed by atoms with Gasteiger partial charge in [-0.1, -0.05) is 19.3 Å². The van der Waals surface area contributed by atoms with Gasteiger partial charge in [0.25, 0.3) is 0 Å². The molecule has 0 aromatic heterocycles. The molecule has 1 spiro atoms. The summed E-state index contributed by atoms with van der Waals surface area (Å²) in [5.74, 6) is 0.0925. The average molecular weight is 268 g/mol. The van der Waals surface area contributed by atoms with Crippen molar-refractivity contribution in [1.29, 1.82) is 0 Å². The highest BCUT2D eigenvalue weighted by atomic mass is 16.5. The standard InChI is InChI=1S/C15H28N2O2/c1-12(14(18)16-10-11-19-2)17-13-6-9-15(13)7-4-3-5-8-15/h12-13,17H,3-11H2,1-2H3,(H,16,18). The molecule has 2 fully saturated rings. The second-order valence-electron chi connectivity index (χ2n) is 6.19. The van der Waals surface area contributed by atoms with Gasteiger partial charge < -0.3 is 15.4 Å². The highest BCUT2D eigenvalue weighted by Gasteiger charge is 2.47. The summed E-state index contributed by atoms with van der Waals surface area (Å²) in [5.41, 5.74) is 0.513. The summed E-state index contributed by atoms with van der Waals surface area (Å²) in [6.45, 7) is 3.14. The van der Waals surface area contributed by atoms with Gasteiger partial charge in [0.15, 0.2) is 0 Å². The predicted molar refractivity (Wildman–Crippen MR) is 76.0 cm³/mol. The first-order valence-electron chi connectivity index (χ1n) is 7.71. The molecular formula is C15H28N2O2. The maximum atomic E-state index is 11.9. The first-order chi connectivity index (χ1) is 9.18. The fourth-order valence-corrected chi connectivity index (χ4v) is 3.62. The monoisotopic (exact) mass is 268 g/mol. The molecule has 2 aliphatic rings. The van der Waals surface area contributed by atoms with E-state index in [0.717, 1.165) is 0 Å². The van der Waals surface area contributed by atoms with Gasteiger partial charge in [0.05, 0.1) is 12.6 Å². The van der Waals surface area contributed by atoms with E-state index < -0.39 is 0 Å². The van der Waals surface area contributed by atoms with E-state index in [0.29, 0.717) is 24.6 Å². The SMILES string of the molecule is COCCNC(=O)C(C)NC1CCC12CCCCC2. The van der Waals surface area contributed by atoms with Crippen molar-refractivity contribution in [3.8, 4) is 0 Å². The van der Waals surface area contributed by atoms with Crippen LogP contribution in [0.3, 0.4) is 0 Å². The molecule has 19 heavy (non-hydrogen) atoms. The number of nitrogens with one attached hydrogen (secondary N) is 2. The van der Waals surface area contributed by atoms with Crippen molar-refractivity contribution in [2.24, 2.45) is 5.41 Å². The van der Waals surface area contributed by atoms with E-state index in [-0.39, 0.29) is 11.9 Å². The molecule has 4 heteroatoms. The van der Waals surface area contributed by atoms with E-state index in [4.69, 9.17) is 4.74 Å². The normalized spacial score (nSPS) is 26.7. The molecule has 0 aromatic rings. The number of amides is 1. The topological polar surface area (TPSA) is 50.4 Å². The van der Waals surface area contributed by atoms with Gasteiger partial charge in [-0.05, 0) is 38.0 Å². The maximum absolute atomic E-state index is 11.9. The Labute approximate surface area is 116 Å². The van der Waals surface area contributed by atoms with Crippen LogP contribution in [0.5, 0.6) is 0 Å². The van der Waals surface area contributed by atoms with E-state index in [9.17, 15) is 4.79 Å². The Morgan fingerprint density at radius 1 is 1.32 bits per heavy atom. The van der Waals surface area contributed by atoms with E-state index in [1.165, 1.54) is 44.9 Å². The fourth-order valence-electron chi connectivity index (χ4n) is 3.62. The average Bonchev–Trinajstić information content (AvgIpc) is 2.44. The van der Waals surface area contributed by atoms with Gasteiger partial charge in [0.2, 0.25) is 5.91 Å². The van der Waals surface area contributed by atoms with Gasteiger partial charge in [0.1, 0.15) is 0 Å². The number of hydrogen-bond donors (Lipinski definition) is 2. The summed E-state index contributed by atoms with van der Waals surface area (Å²) >= 11 is 0. The lowest BCUT2D eigenvalue weighted by Gasteiger charge is -2.53. The third-order valence-electron chi connectivity index (χ3n) is 4.97. The fraction of sp³-hybridized carbons (Fsp3) is 0.933. The molecule has 0 saturated heterocycles. The molecule has 110 valence electrons. The van der Waals surface area contributed by atoms with Crippen molar-refractivity contribution in [1.82, 2.24) is 10.6 Å². The van der Waals surface area contributed by atoms with Gasteiger partial charge >= 0.3 is 0 Å². The van der Waals surface area contributed by atoms with Crippen LogP contribution in [0.1, 0.15) is 51.9 Å². The lowest BCUT2D eigenvalue weighted by molar-refractivity contribution is -0.124. The van der Waals surface area contributed by atoms with Crippen molar-refractivity contribution in [3.63, 3.8) is 0 Å². The minimum Gasteiger partial charge on any atom is -0.383 e. The molecule has 2 rings (SSSR count). The quantitative estimate of drug-likeness (QED) is 0.723. The lowest BCUT2D eigenvalue weighted by atomic mass is 9.57. The summed E-state index contributed by atoms with van der Waals surface area (Å²) in [6.07, 6.45) is 9.41. The first-order valence-corrected chi connectivity index (χ1v) is 7.71. The van der Waals surface area contributed by atoms with E-state index in [2.05, 4.69) is 10.6 Å². The lowest BCUT2D eigenvalue weighted by Crippen LogP contribution is -2.59. The summed E-state index contributed by atoms with van der Waals surface area (Å²) in [4.78, 5) is 11.9. The minimum absolute atomic E-state index is 0.0925. The summed E-state index contributed by atoms with van der Waals surface area (Å²) in [7, 11) is 1.65. The van der Waals surface area contributed by atoms with Crippen molar-refractivity contribution in [2.45, 2.75) is 64.0 Å². The Balaban J connectivity index is 1.75. The van der Waals surface area contributed by atoms with Gasteiger partial charge in [-0.25, -0.2) is 0 Å².